The second-order valence-electron chi connectivity index (χ2n) is 6.34. The van der Waals surface area contributed by atoms with Gasteiger partial charge < -0.3 is 15.1 Å². The Labute approximate surface area is 155 Å². The van der Waals surface area contributed by atoms with Crippen molar-refractivity contribution in [3.63, 3.8) is 0 Å². The Morgan fingerprint density at radius 2 is 2.11 bits per heavy atom. The smallest absolute Gasteiger partial charge is 0.311 e. The molecule has 0 spiro atoms. The van der Waals surface area contributed by atoms with Gasteiger partial charge in [-0.2, -0.15) is 0 Å². The van der Waals surface area contributed by atoms with Gasteiger partial charge in [0.2, 0.25) is 17.6 Å². The molecule has 9 nitrogen and oxygen atoms in total. The predicted octanol–water partition coefficient (Wildman–Crippen LogP) is 2.19. The zero-order valence-corrected chi connectivity index (χ0v) is 15.0. The van der Waals surface area contributed by atoms with E-state index in [1.54, 1.807) is 43.1 Å². The number of para-hydroxylation sites is 2. The maximum atomic E-state index is 13.0. The Hall–Kier alpha value is -3.49. The lowest BCUT2D eigenvalue weighted by Gasteiger charge is -2.29. The topological polar surface area (TPSA) is 109 Å². The van der Waals surface area contributed by atoms with Crippen molar-refractivity contribution >= 4 is 34.7 Å². The molecule has 9 heteroatoms. The van der Waals surface area contributed by atoms with Gasteiger partial charge >= 0.3 is 5.69 Å². The zero-order chi connectivity index (χ0) is 19.6. The van der Waals surface area contributed by atoms with Crippen LogP contribution in [0.5, 0.6) is 0 Å². The second kappa shape index (κ2) is 7.40. The van der Waals surface area contributed by atoms with Crippen molar-refractivity contribution in [3.05, 3.63) is 52.7 Å². The summed E-state index contributed by atoms with van der Waals surface area (Å²) in [6.07, 6.45) is 1.60. The Bertz CT molecular complexity index is 901. The van der Waals surface area contributed by atoms with Gasteiger partial charge in [0.05, 0.1) is 22.8 Å². The summed E-state index contributed by atoms with van der Waals surface area (Å²) in [6, 6.07) is 9.53. The fourth-order valence-electron chi connectivity index (χ4n) is 3.15. The van der Waals surface area contributed by atoms with Crippen LogP contribution < -0.4 is 15.1 Å². The summed E-state index contributed by atoms with van der Waals surface area (Å²) in [7, 11) is 1.57. The van der Waals surface area contributed by atoms with Crippen molar-refractivity contribution < 1.29 is 14.5 Å². The Kier molecular flexibility index (Phi) is 5.02. The van der Waals surface area contributed by atoms with Gasteiger partial charge in [-0.15, -0.1) is 0 Å². The third kappa shape index (κ3) is 3.71. The average molecular weight is 369 g/mol. The summed E-state index contributed by atoms with van der Waals surface area (Å²) >= 11 is 0. The first kappa shape index (κ1) is 18.3. The van der Waals surface area contributed by atoms with E-state index in [1.807, 2.05) is 0 Å². The largest absolute Gasteiger partial charge is 0.345 e. The third-order valence-electron chi connectivity index (χ3n) is 4.32. The lowest BCUT2D eigenvalue weighted by atomic mass is 10.1. The van der Waals surface area contributed by atoms with Crippen molar-refractivity contribution in [2.45, 2.75) is 19.4 Å². The Balaban J connectivity index is 1.89. The van der Waals surface area contributed by atoms with Gasteiger partial charge in [0.1, 0.15) is 0 Å². The molecule has 2 aromatic rings. The molecule has 0 fully saturated rings. The van der Waals surface area contributed by atoms with E-state index in [9.17, 15) is 19.7 Å². The summed E-state index contributed by atoms with van der Waals surface area (Å²) in [5.41, 5.74) is 0.991. The highest BCUT2D eigenvalue weighted by atomic mass is 16.6. The van der Waals surface area contributed by atoms with Crippen molar-refractivity contribution in [2.24, 2.45) is 0 Å². The number of likely N-dealkylation sites (N-methyl/N-ethyl adjacent to an activating group) is 1. The van der Waals surface area contributed by atoms with Crippen LogP contribution in [-0.4, -0.2) is 41.4 Å². The first-order valence-corrected chi connectivity index (χ1v) is 8.40. The number of pyridine rings is 1. The van der Waals surface area contributed by atoms with Crippen LogP contribution in [0.1, 0.15) is 13.3 Å². The number of nitro groups is 1. The van der Waals surface area contributed by atoms with Crippen LogP contribution in [0.25, 0.3) is 0 Å². The number of hydrogen-bond acceptors (Lipinski definition) is 6. The average Bonchev–Trinajstić information content (AvgIpc) is 2.75. The zero-order valence-electron chi connectivity index (χ0n) is 15.0. The van der Waals surface area contributed by atoms with Crippen molar-refractivity contribution in [2.75, 3.05) is 28.7 Å². The summed E-state index contributed by atoms with van der Waals surface area (Å²) in [5.74, 6) is -0.339. The van der Waals surface area contributed by atoms with E-state index in [-0.39, 0.29) is 42.3 Å². The molecule has 0 aliphatic carbocycles. The summed E-state index contributed by atoms with van der Waals surface area (Å²) in [4.78, 5) is 42.8. The normalized spacial score (nSPS) is 16.1. The molecule has 140 valence electrons. The molecular weight excluding hydrogens is 350 g/mol. The SMILES string of the molecule is CC1CC(=O)Nc2ccccc2N1C(=O)CN(C)c1ncccc1[N+](=O)[O-]. The molecule has 27 heavy (non-hydrogen) atoms. The fraction of sp³-hybridized carbons (Fsp3) is 0.278. The molecule has 1 aliphatic rings. The lowest BCUT2D eigenvalue weighted by molar-refractivity contribution is -0.384. The van der Waals surface area contributed by atoms with Crippen LogP contribution in [0.3, 0.4) is 0 Å². The van der Waals surface area contributed by atoms with Crippen LogP contribution >= 0.6 is 0 Å². The van der Waals surface area contributed by atoms with Gasteiger partial charge in [-0.25, -0.2) is 4.98 Å². The van der Waals surface area contributed by atoms with E-state index in [1.165, 1.54) is 23.2 Å². The van der Waals surface area contributed by atoms with Crippen LogP contribution in [-0.2, 0) is 9.59 Å². The van der Waals surface area contributed by atoms with Crippen LogP contribution in [0.15, 0.2) is 42.6 Å². The molecule has 0 bridgehead atoms. The standard InChI is InChI=1S/C18H19N5O4/c1-12-10-16(24)20-13-6-3-4-7-14(13)22(12)17(25)11-21(2)18-15(23(26)27)8-5-9-19-18/h3-9,12H,10-11H2,1-2H3,(H,20,24). The Morgan fingerprint density at radius 1 is 1.37 bits per heavy atom. The minimum absolute atomic E-state index is 0.112. The molecular formula is C18H19N5O4. The number of fused-ring (bicyclic) bond motifs is 1. The highest BCUT2D eigenvalue weighted by Gasteiger charge is 2.31. The van der Waals surface area contributed by atoms with Crippen LogP contribution in [0, 0.1) is 10.1 Å². The molecule has 2 amide bonds. The lowest BCUT2D eigenvalue weighted by Crippen LogP contribution is -2.44. The molecule has 1 N–H and O–H groups in total. The molecule has 1 atom stereocenters. The number of anilines is 3. The third-order valence-corrected chi connectivity index (χ3v) is 4.32. The number of amides is 2. The van der Waals surface area contributed by atoms with Crippen molar-refractivity contribution in [1.82, 2.24) is 4.98 Å². The van der Waals surface area contributed by atoms with E-state index < -0.39 is 4.92 Å². The molecule has 1 aromatic heterocycles. The second-order valence-corrected chi connectivity index (χ2v) is 6.34. The molecule has 3 rings (SSSR count). The van der Waals surface area contributed by atoms with Crippen molar-refractivity contribution in [3.8, 4) is 0 Å². The van der Waals surface area contributed by atoms with E-state index >= 15 is 0 Å². The molecule has 0 radical (unpaired) electrons. The van der Waals surface area contributed by atoms with Crippen LogP contribution in [0.4, 0.5) is 22.9 Å². The molecule has 1 unspecified atom stereocenters. The molecule has 0 saturated heterocycles. The van der Waals surface area contributed by atoms with E-state index in [0.29, 0.717) is 11.4 Å². The first-order valence-electron chi connectivity index (χ1n) is 8.40. The maximum absolute atomic E-state index is 13.0. The summed E-state index contributed by atoms with van der Waals surface area (Å²) in [5, 5.41) is 14.0. The molecule has 1 aromatic carbocycles. The number of nitrogens with one attached hydrogen (secondary N) is 1. The molecule has 1 aliphatic heterocycles. The maximum Gasteiger partial charge on any atom is 0.311 e. The van der Waals surface area contributed by atoms with Gasteiger partial charge in [-0.05, 0) is 25.1 Å². The number of carbonyl (C=O) groups is 2. The van der Waals surface area contributed by atoms with E-state index in [4.69, 9.17) is 0 Å². The number of carbonyl (C=O) groups excluding carboxylic acids is 2. The predicted molar refractivity (Wildman–Crippen MR) is 101 cm³/mol. The fourth-order valence-corrected chi connectivity index (χ4v) is 3.15. The van der Waals surface area contributed by atoms with E-state index in [0.717, 1.165) is 0 Å². The number of rotatable bonds is 4. The number of benzene rings is 1. The van der Waals surface area contributed by atoms with Gasteiger partial charge in [-0.3, -0.25) is 19.7 Å². The highest BCUT2D eigenvalue weighted by Crippen LogP contribution is 2.32. The highest BCUT2D eigenvalue weighted by molar-refractivity contribution is 6.05. The summed E-state index contributed by atoms with van der Waals surface area (Å²) in [6.45, 7) is 1.67. The van der Waals surface area contributed by atoms with Crippen molar-refractivity contribution in [1.29, 1.82) is 0 Å². The van der Waals surface area contributed by atoms with Gasteiger partial charge in [0.15, 0.2) is 0 Å². The van der Waals surface area contributed by atoms with E-state index in [2.05, 4.69) is 10.3 Å². The number of aromatic nitrogens is 1. The Morgan fingerprint density at radius 3 is 2.85 bits per heavy atom. The minimum atomic E-state index is -0.532. The van der Waals surface area contributed by atoms with Gasteiger partial charge in [-0.1, -0.05) is 12.1 Å². The van der Waals surface area contributed by atoms with Gasteiger partial charge in [0.25, 0.3) is 0 Å². The minimum Gasteiger partial charge on any atom is -0.345 e. The van der Waals surface area contributed by atoms with Crippen LogP contribution in [0.2, 0.25) is 0 Å². The van der Waals surface area contributed by atoms with Gasteiger partial charge in [0, 0.05) is 31.8 Å². The number of nitrogens with zero attached hydrogens (tertiary/aromatic N) is 4. The number of hydrogen-bond donors (Lipinski definition) is 1. The molecule has 2 heterocycles. The quantitative estimate of drug-likeness (QED) is 0.654. The molecule has 0 saturated carbocycles. The summed E-state index contributed by atoms with van der Waals surface area (Å²) < 4.78 is 0. The first-order chi connectivity index (χ1) is 12.9. The monoisotopic (exact) mass is 369 g/mol.